The molecule has 0 radical (unpaired) electrons. The second-order valence-electron chi connectivity index (χ2n) is 6.34. The minimum atomic E-state index is -0.0188. The summed E-state index contributed by atoms with van der Waals surface area (Å²) in [7, 11) is 0. The molecule has 4 rings (SSSR count). The maximum absolute atomic E-state index is 12.3. The van der Waals surface area contributed by atoms with Gasteiger partial charge in [0, 0.05) is 24.2 Å². The Labute approximate surface area is 156 Å². The Balaban J connectivity index is 1.29. The number of ether oxygens (including phenoxy) is 1. The van der Waals surface area contributed by atoms with E-state index in [1.54, 1.807) is 0 Å². The molecule has 0 saturated carbocycles. The van der Waals surface area contributed by atoms with E-state index >= 15 is 0 Å². The molecule has 1 fully saturated rings. The molecule has 1 N–H and O–H groups in total. The van der Waals surface area contributed by atoms with Crippen LogP contribution >= 0.6 is 11.3 Å². The monoisotopic (exact) mass is 367 g/mol. The number of carbonyl (C=O) groups is 1. The largest absolute Gasteiger partial charge is 0.373 e. The molecule has 1 aromatic carbocycles. The molecule has 26 heavy (non-hydrogen) atoms. The lowest BCUT2D eigenvalue weighted by molar-refractivity contribution is 0.0958. The van der Waals surface area contributed by atoms with Gasteiger partial charge in [-0.2, -0.15) is 5.10 Å². The van der Waals surface area contributed by atoms with Crippen LogP contribution in [0.15, 0.2) is 54.9 Å². The van der Waals surface area contributed by atoms with E-state index in [0.717, 1.165) is 46.9 Å². The number of hydrogen-bond donors (Lipinski definition) is 1. The third kappa shape index (κ3) is 3.86. The summed E-state index contributed by atoms with van der Waals surface area (Å²) in [6.07, 6.45) is 6.92. The van der Waals surface area contributed by atoms with Crippen LogP contribution in [-0.4, -0.2) is 28.8 Å². The van der Waals surface area contributed by atoms with Crippen molar-refractivity contribution in [3.05, 3.63) is 70.2 Å². The van der Waals surface area contributed by atoms with Gasteiger partial charge in [0.25, 0.3) is 5.91 Å². The molecule has 1 aliphatic rings. The number of hydrogen-bond acceptors (Lipinski definition) is 4. The number of amides is 1. The first-order valence-corrected chi connectivity index (χ1v) is 9.70. The van der Waals surface area contributed by atoms with Crippen molar-refractivity contribution < 1.29 is 9.53 Å². The van der Waals surface area contributed by atoms with Crippen molar-refractivity contribution in [3.63, 3.8) is 0 Å². The third-order valence-electron chi connectivity index (χ3n) is 4.45. The molecule has 1 amide bonds. The molecule has 5 nitrogen and oxygen atoms in total. The van der Waals surface area contributed by atoms with Gasteiger partial charge in [-0.3, -0.25) is 4.79 Å². The lowest BCUT2D eigenvalue weighted by Crippen LogP contribution is -2.24. The smallest absolute Gasteiger partial charge is 0.261 e. The highest BCUT2D eigenvalue weighted by Crippen LogP contribution is 2.33. The highest BCUT2D eigenvalue weighted by molar-refractivity contribution is 7.14. The summed E-state index contributed by atoms with van der Waals surface area (Å²) >= 11 is 1.53. The molecule has 0 bridgehead atoms. The predicted octanol–water partition coefficient (Wildman–Crippen LogP) is 3.76. The number of rotatable bonds is 6. The first-order chi connectivity index (χ1) is 12.8. The van der Waals surface area contributed by atoms with Crippen molar-refractivity contribution in [3.8, 4) is 5.69 Å². The summed E-state index contributed by atoms with van der Waals surface area (Å²) in [6.45, 7) is 1.41. The first-order valence-electron chi connectivity index (χ1n) is 8.88. The number of carbonyl (C=O) groups excluding carboxylic acids is 1. The normalized spacial score (nSPS) is 16.7. The Morgan fingerprint density at radius 2 is 2.15 bits per heavy atom. The second kappa shape index (κ2) is 7.85. The third-order valence-corrected chi connectivity index (χ3v) is 5.63. The van der Waals surface area contributed by atoms with Gasteiger partial charge in [0.05, 0.1) is 22.9 Å². The van der Waals surface area contributed by atoms with Crippen LogP contribution in [0.2, 0.25) is 0 Å². The summed E-state index contributed by atoms with van der Waals surface area (Å²) in [5.41, 5.74) is 2.13. The predicted molar refractivity (Wildman–Crippen MR) is 102 cm³/mol. The number of thiophene rings is 1. The van der Waals surface area contributed by atoms with Crippen LogP contribution in [0.5, 0.6) is 0 Å². The van der Waals surface area contributed by atoms with Crippen LogP contribution in [0, 0.1) is 0 Å². The summed E-state index contributed by atoms with van der Waals surface area (Å²) < 4.78 is 7.53. The van der Waals surface area contributed by atoms with E-state index in [-0.39, 0.29) is 12.0 Å². The van der Waals surface area contributed by atoms with Crippen LogP contribution in [0.1, 0.15) is 39.1 Å². The molecule has 0 aliphatic carbocycles. The molecular weight excluding hydrogens is 346 g/mol. The fourth-order valence-electron chi connectivity index (χ4n) is 3.07. The zero-order chi connectivity index (χ0) is 17.8. The van der Waals surface area contributed by atoms with Gasteiger partial charge in [0.1, 0.15) is 0 Å². The van der Waals surface area contributed by atoms with Gasteiger partial charge in [0.2, 0.25) is 0 Å². The molecule has 134 valence electrons. The van der Waals surface area contributed by atoms with Gasteiger partial charge < -0.3 is 10.1 Å². The Kier molecular flexibility index (Phi) is 5.13. The molecule has 6 heteroatoms. The van der Waals surface area contributed by atoms with Crippen LogP contribution in [0.3, 0.4) is 0 Å². The van der Waals surface area contributed by atoms with E-state index in [4.69, 9.17) is 4.74 Å². The molecule has 2 aromatic heterocycles. The van der Waals surface area contributed by atoms with Crippen molar-refractivity contribution in [2.75, 3.05) is 13.2 Å². The molecular formula is C20H21N3O2S. The van der Waals surface area contributed by atoms with E-state index in [9.17, 15) is 4.79 Å². The number of nitrogens with one attached hydrogen (secondary N) is 1. The van der Waals surface area contributed by atoms with Gasteiger partial charge in [-0.15, -0.1) is 11.3 Å². The van der Waals surface area contributed by atoms with Crippen LogP contribution < -0.4 is 5.32 Å². The number of nitrogens with zero attached hydrogens (tertiary/aromatic N) is 2. The second-order valence-corrected chi connectivity index (χ2v) is 7.45. The fraction of sp³-hybridized carbons (Fsp3) is 0.300. The average Bonchev–Trinajstić information content (AvgIpc) is 3.42. The van der Waals surface area contributed by atoms with E-state index in [2.05, 4.69) is 10.4 Å². The maximum Gasteiger partial charge on any atom is 0.261 e. The lowest BCUT2D eigenvalue weighted by Gasteiger charge is -2.05. The minimum Gasteiger partial charge on any atom is -0.373 e. The zero-order valence-corrected chi connectivity index (χ0v) is 15.2. The lowest BCUT2D eigenvalue weighted by atomic mass is 10.2. The summed E-state index contributed by atoms with van der Waals surface area (Å²) in [5, 5.41) is 7.38. The fourth-order valence-corrected chi connectivity index (χ4v) is 4.08. The Morgan fingerprint density at radius 1 is 1.27 bits per heavy atom. The van der Waals surface area contributed by atoms with E-state index in [1.165, 1.54) is 11.3 Å². The van der Waals surface area contributed by atoms with Gasteiger partial charge in [-0.05, 0) is 49.1 Å². The highest BCUT2D eigenvalue weighted by atomic mass is 32.1. The number of aromatic nitrogens is 2. The molecule has 0 unspecified atom stereocenters. The topological polar surface area (TPSA) is 56.2 Å². The minimum absolute atomic E-state index is 0.0188. The Morgan fingerprint density at radius 3 is 2.96 bits per heavy atom. The number of para-hydroxylation sites is 1. The van der Waals surface area contributed by atoms with Gasteiger partial charge in [-0.1, -0.05) is 18.2 Å². The van der Waals surface area contributed by atoms with Crippen molar-refractivity contribution in [2.45, 2.75) is 25.4 Å². The SMILES string of the molecule is O=C(NCCc1cnn(-c2ccccc2)c1)c1ccc([C@@H]2CCCO2)s1. The van der Waals surface area contributed by atoms with Crippen LogP contribution in [-0.2, 0) is 11.2 Å². The molecule has 3 heterocycles. The molecule has 0 spiro atoms. The summed E-state index contributed by atoms with van der Waals surface area (Å²) in [6, 6.07) is 13.9. The first kappa shape index (κ1) is 17.0. The quantitative estimate of drug-likeness (QED) is 0.722. The standard InChI is InChI=1S/C20H21N3O2S/c24-20(19-9-8-18(26-19)17-7-4-12-25-17)21-11-10-15-13-22-23(14-15)16-5-2-1-3-6-16/h1-3,5-6,8-9,13-14,17H,4,7,10-12H2,(H,21,24)/t17-/m0/s1. The Hall–Kier alpha value is -2.44. The molecule has 3 aromatic rings. The summed E-state index contributed by atoms with van der Waals surface area (Å²) in [5.74, 6) is -0.0188. The van der Waals surface area contributed by atoms with Crippen molar-refractivity contribution in [1.29, 1.82) is 0 Å². The average molecular weight is 367 g/mol. The maximum atomic E-state index is 12.3. The van der Waals surface area contributed by atoms with Crippen LogP contribution in [0.25, 0.3) is 5.69 Å². The van der Waals surface area contributed by atoms with Gasteiger partial charge >= 0.3 is 0 Å². The van der Waals surface area contributed by atoms with Crippen molar-refractivity contribution in [2.24, 2.45) is 0 Å². The highest BCUT2D eigenvalue weighted by Gasteiger charge is 2.20. The van der Waals surface area contributed by atoms with Crippen LogP contribution in [0.4, 0.5) is 0 Å². The summed E-state index contributed by atoms with van der Waals surface area (Å²) in [4.78, 5) is 14.2. The zero-order valence-electron chi connectivity index (χ0n) is 14.4. The van der Waals surface area contributed by atoms with Gasteiger partial charge in [-0.25, -0.2) is 4.68 Å². The van der Waals surface area contributed by atoms with Crippen molar-refractivity contribution in [1.82, 2.24) is 15.1 Å². The van der Waals surface area contributed by atoms with E-state index in [1.807, 2.05) is 59.5 Å². The number of benzene rings is 1. The molecule has 1 saturated heterocycles. The molecule has 1 atom stereocenters. The van der Waals surface area contributed by atoms with E-state index in [0.29, 0.717) is 6.54 Å². The van der Waals surface area contributed by atoms with E-state index < -0.39 is 0 Å². The molecule has 1 aliphatic heterocycles. The van der Waals surface area contributed by atoms with Gasteiger partial charge in [0.15, 0.2) is 0 Å². The van der Waals surface area contributed by atoms with Crippen molar-refractivity contribution >= 4 is 17.2 Å². The Bertz CT molecular complexity index is 866.